The SMILES string of the molecule is CCc1ccccc1NC(=O)C[NH+]1CC[NH+](CC(=O)NC[C@H](C)c2ccccc2)CC1. The summed E-state index contributed by atoms with van der Waals surface area (Å²) in [5.74, 6) is 0.472. The van der Waals surface area contributed by atoms with Gasteiger partial charge in [-0.3, -0.25) is 9.59 Å². The number of anilines is 1. The average Bonchev–Trinajstić information content (AvgIpc) is 2.79. The summed E-state index contributed by atoms with van der Waals surface area (Å²) >= 11 is 0. The Morgan fingerprint density at radius 1 is 0.871 bits per heavy atom. The van der Waals surface area contributed by atoms with Crippen LogP contribution in [0.25, 0.3) is 0 Å². The number of nitrogens with one attached hydrogen (secondary N) is 4. The van der Waals surface area contributed by atoms with Crippen molar-refractivity contribution in [2.24, 2.45) is 0 Å². The van der Waals surface area contributed by atoms with Gasteiger partial charge in [0.15, 0.2) is 13.1 Å². The molecule has 0 radical (unpaired) electrons. The zero-order valence-electron chi connectivity index (χ0n) is 18.7. The van der Waals surface area contributed by atoms with Crippen LogP contribution in [-0.2, 0) is 16.0 Å². The van der Waals surface area contributed by atoms with E-state index in [-0.39, 0.29) is 11.8 Å². The van der Waals surface area contributed by atoms with Crippen molar-refractivity contribution in [1.82, 2.24) is 5.32 Å². The molecule has 4 N–H and O–H groups in total. The Labute approximate surface area is 185 Å². The predicted molar refractivity (Wildman–Crippen MR) is 123 cm³/mol. The average molecular weight is 425 g/mol. The standard InChI is InChI=1S/C25H34N4O2/c1-3-21-9-7-8-12-23(21)27-25(31)19-29-15-13-28(14-16-29)18-24(30)26-17-20(2)22-10-5-4-6-11-22/h4-12,20H,3,13-19H2,1-2H3,(H,26,30)(H,27,31)/p+2/t20-/m0/s1. The van der Waals surface area contributed by atoms with Crippen LogP contribution < -0.4 is 20.4 Å². The van der Waals surface area contributed by atoms with Crippen molar-refractivity contribution >= 4 is 17.5 Å². The van der Waals surface area contributed by atoms with Gasteiger partial charge in [0, 0.05) is 12.2 Å². The lowest BCUT2D eigenvalue weighted by molar-refractivity contribution is -1.00. The molecule has 1 aliphatic heterocycles. The maximum Gasteiger partial charge on any atom is 0.279 e. The quantitative estimate of drug-likeness (QED) is 0.454. The van der Waals surface area contributed by atoms with Gasteiger partial charge in [-0.1, -0.05) is 62.4 Å². The molecule has 0 saturated carbocycles. The van der Waals surface area contributed by atoms with Gasteiger partial charge >= 0.3 is 0 Å². The van der Waals surface area contributed by atoms with Gasteiger partial charge in [0.1, 0.15) is 26.2 Å². The van der Waals surface area contributed by atoms with Crippen LogP contribution in [0.5, 0.6) is 0 Å². The summed E-state index contributed by atoms with van der Waals surface area (Å²) in [6, 6.07) is 18.2. The summed E-state index contributed by atoms with van der Waals surface area (Å²) in [6.45, 7) is 9.51. The summed E-state index contributed by atoms with van der Waals surface area (Å²) in [6.07, 6.45) is 0.900. The molecule has 2 amide bonds. The lowest BCUT2D eigenvalue weighted by Crippen LogP contribution is -3.28. The van der Waals surface area contributed by atoms with E-state index in [1.807, 2.05) is 36.4 Å². The van der Waals surface area contributed by atoms with Gasteiger partial charge < -0.3 is 20.4 Å². The predicted octanol–water partition coefficient (Wildman–Crippen LogP) is -0.109. The zero-order valence-corrected chi connectivity index (χ0v) is 18.7. The van der Waals surface area contributed by atoms with E-state index in [1.54, 1.807) is 0 Å². The van der Waals surface area contributed by atoms with E-state index in [0.717, 1.165) is 43.9 Å². The van der Waals surface area contributed by atoms with Crippen LogP contribution in [0.4, 0.5) is 5.69 Å². The molecule has 0 aromatic heterocycles. The van der Waals surface area contributed by atoms with Gasteiger partial charge in [-0.2, -0.15) is 0 Å². The van der Waals surface area contributed by atoms with E-state index < -0.39 is 0 Å². The Hall–Kier alpha value is -2.70. The lowest BCUT2D eigenvalue weighted by Gasteiger charge is -2.29. The molecule has 3 rings (SSSR count). The van der Waals surface area contributed by atoms with E-state index in [0.29, 0.717) is 25.6 Å². The molecule has 1 atom stereocenters. The molecule has 6 heteroatoms. The van der Waals surface area contributed by atoms with Gasteiger partial charge in [-0.05, 0) is 29.5 Å². The topological polar surface area (TPSA) is 67.1 Å². The maximum absolute atomic E-state index is 12.5. The van der Waals surface area contributed by atoms with Crippen molar-refractivity contribution in [3.8, 4) is 0 Å². The molecule has 0 unspecified atom stereocenters. The smallest absolute Gasteiger partial charge is 0.279 e. The van der Waals surface area contributed by atoms with Crippen molar-refractivity contribution in [3.63, 3.8) is 0 Å². The minimum atomic E-state index is 0.0620. The molecular weight excluding hydrogens is 388 g/mol. The summed E-state index contributed by atoms with van der Waals surface area (Å²) in [7, 11) is 0. The van der Waals surface area contributed by atoms with Gasteiger partial charge in [0.05, 0.1) is 0 Å². The number of carbonyl (C=O) groups is 2. The van der Waals surface area contributed by atoms with Gasteiger partial charge in [0.2, 0.25) is 0 Å². The molecule has 0 bridgehead atoms. The Bertz CT molecular complexity index is 848. The van der Waals surface area contributed by atoms with Crippen LogP contribution in [0.1, 0.15) is 30.9 Å². The van der Waals surface area contributed by atoms with E-state index in [9.17, 15) is 9.59 Å². The third-order valence-corrected chi connectivity index (χ3v) is 6.13. The lowest BCUT2D eigenvalue weighted by atomic mass is 10.0. The fourth-order valence-corrected chi connectivity index (χ4v) is 4.14. The number of aryl methyl sites for hydroxylation is 1. The van der Waals surface area contributed by atoms with E-state index >= 15 is 0 Å². The first-order valence-electron chi connectivity index (χ1n) is 11.4. The second kappa shape index (κ2) is 11.6. The Morgan fingerprint density at radius 3 is 2.10 bits per heavy atom. The Balaban J connectivity index is 1.35. The second-order valence-electron chi connectivity index (χ2n) is 8.53. The molecule has 31 heavy (non-hydrogen) atoms. The highest BCUT2D eigenvalue weighted by Gasteiger charge is 2.26. The van der Waals surface area contributed by atoms with Crippen LogP contribution in [-0.4, -0.2) is 57.6 Å². The highest BCUT2D eigenvalue weighted by atomic mass is 16.2. The number of benzene rings is 2. The number of amides is 2. The monoisotopic (exact) mass is 424 g/mol. The highest BCUT2D eigenvalue weighted by molar-refractivity contribution is 5.92. The fraction of sp³-hybridized carbons (Fsp3) is 0.440. The Kier molecular flexibility index (Phi) is 8.62. The van der Waals surface area contributed by atoms with E-state index in [4.69, 9.17) is 0 Å². The molecule has 6 nitrogen and oxygen atoms in total. The Morgan fingerprint density at radius 2 is 1.45 bits per heavy atom. The van der Waals surface area contributed by atoms with Crippen molar-refractivity contribution in [2.75, 3.05) is 51.1 Å². The zero-order chi connectivity index (χ0) is 22.1. The molecule has 1 fully saturated rings. The summed E-state index contributed by atoms with van der Waals surface area (Å²) in [4.78, 5) is 27.4. The molecule has 1 aliphatic rings. The first-order chi connectivity index (χ1) is 15.0. The number of para-hydroxylation sites is 1. The molecule has 166 valence electrons. The normalized spacial score (nSPS) is 19.4. The van der Waals surface area contributed by atoms with Gasteiger partial charge in [-0.15, -0.1) is 0 Å². The molecule has 1 heterocycles. The first kappa shape index (κ1) is 23.0. The summed E-state index contributed by atoms with van der Waals surface area (Å²) < 4.78 is 0. The largest absolute Gasteiger partial charge is 0.351 e. The van der Waals surface area contributed by atoms with Gasteiger partial charge in [-0.25, -0.2) is 0 Å². The number of rotatable bonds is 9. The summed E-state index contributed by atoms with van der Waals surface area (Å²) in [5.41, 5.74) is 3.32. The van der Waals surface area contributed by atoms with Gasteiger partial charge in [0.25, 0.3) is 11.8 Å². The minimum absolute atomic E-state index is 0.0620. The molecular formula is C25H36N4O2+2. The molecule has 2 aromatic carbocycles. The number of hydrogen-bond donors (Lipinski definition) is 4. The molecule has 2 aromatic rings. The molecule has 1 saturated heterocycles. The molecule has 0 aliphatic carbocycles. The first-order valence-corrected chi connectivity index (χ1v) is 11.4. The summed E-state index contributed by atoms with van der Waals surface area (Å²) in [5, 5.41) is 6.14. The third-order valence-electron chi connectivity index (χ3n) is 6.13. The highest BCUT2D eigenvalue weighted by Crippen LogP contribution is 2.15. The molecule has 0 spiro atoms. The maximum atomic E-state index is 12.5. The van der Waals surface area contributed by atoms with Crippen molar-refractivity contribution in [2.45, 2.75) is 26.2 Å². The van der Waals surface area contributed by atoms with Crippen molar-refractivity contribution in [3.05, 3.63) is 65.7 Å². The van der Waals surface area contributed by atoms with Crippen LogP contribution in [0, 0.1) is 0 Å². The third kappa shape index (κ3) is 7.19. The van der Waals surface area contributed by atoms with Crippen molar-refractivity contribution < 1.29 is 19.4 Å². The van der Waals surface area contributed by atoms with Crippen LogP contribution >= 0.6 is 0 Å². The minimum Gasteiger partial charge on any atom is -0.351 e. The number of carbonyl (C=O) groups excluding carboxylic acids is 2. The number of hydrogen-bond acceptors (Lipinski definition) is 2. The van der Waals surface area contributed by atoms with Crippen LogP contribution in [0.15, 0.2) is 54.6 Å². The van der Waals surface area contributed by atoms with Crippen LogP contribution in [0.3, 0.4) is 0 Å². The second-order valence-corrected chi connectivity index (χ2v) is 8.53. The number of quaternary nitrogens is 2. The van der Waals surface area contributed by atoms with Crippen LogP contribution in [0.2, 0.25) is 0 Å². The van der Waals surface area contributed by atoms with E-state index in [2.05, 4.69) is 42.7 Å². The van der Waals surface area contributed by atoms with E-state index in [1.165, 1.54) is 15.4 Å². The fourth-order valence-electron chi connectivity index (χ4n) is 4.14. The number of piperazine rings is 1. The van der Waals surface area contributed by atoms with Crippen molar-refractivity contribution in [1.29, 1.82) is 0 Å².